The van der Waals surface area contributed by atoms with Gasteiger partial charge < -0.3 is 14.5 Å². The largest absolute Gasteiger partial charge is 0.484 e. The van der Waals surface area contributed by atoms with Gasteiger partial charge in [0.15, 0.2) is 6.61 Å². The van der Waals surface area contributed by atoms with Crippen LogP contribution < -0.4 is 9.64 Å². The number of carbonyl (C=O) groups excluding carboxylic acids is 1. The highest BCUT2D eigenvalue weighted by atomic mass is 16.5. The summed E-state index contributed by atoms with van der Waals surface area (Å²) in [6.07, 6.45) is 0. The van der Waals surface area contributed by atoms with Gasteiger partial charge in [-0.05, 0) is 53.8 Å². The Kier molecular flexibility index (Phi) is 6.67. The summed E-state index contributed by atoms with van der Waals surface area (Å²) in [5.41, 5.74) is 4.75. The summed E-state index contributed by atoms with van der Waals surface area (Å²) in [5.74, 6) is 1.19. The Morgan fingerprint density at radius 2 is 1.69 bits per heavy atom. The Morgan fingerprint density at radius 3 is 2.23 bits per heavy atom. The first-order valence-electron chi connectivity index (χ1n) is 9.01. The molecule has 0 radical (unpaired) electrons. The van der Waals surface area contributed by atoms with E-state index in [0.29, 0.717) is 12.5 Å². The SMILES string of the molecule is Cc1cc(OCC(=O)N(C)Cc2ccc(N(C)C)cc2)ccc1C(C)C. The lowest BCUT2D eigenvalue weighted by Crippen LogP contribution is -2.31. The molecule has 140 valence electrons. The van der Waals surface area contributed by atoms with Gasteiger partial charge in [-0.2, -0.15) is 0 Å². The summed E-state index contributed by atoms with van der Waals surface area (Å²) < 4.78 is 5.69. The molecule has 0 aliphatic rings. The number of ether oxygens (including phenoxy) is 1. The normalized spacial score (nSPS) is 10.7. The molecule has 0 saturated heterocycles. The maximum atomic E-state index is 12.3. The van der Waals surface area contributed by atoms with Crippen LogP contribution in [-0.2, 0) is 11.3 Å². The van der Waals surface area contributed by atoms with Gasteiger partial charge in [-0.1, -0.05) is 32.0 Å². The monoisotopic (exact) mass is 354 g/mol. The number of aryl methyl sites for hydroxylation is 1. The summed E-state index contributed by atoms with van der Waals surface area (Å²) >= 11 is 0. The van der Waals surface area contributed by atoms with Gasteiger partial charge in [0, 0.05) is 33.4 Å². The summed E-state index contributed by atoms with van der Waals surface area (Å²) in [6, 6.07) is 14.2. The molecule has 2 rings (SSSR count). The fraction of sp³-hybridized carbons (Fsp3) is 0.409. The Balaban J connectivity index is 1.89. The number of likely N-dealkylation sites (N-methyl/N-ethyl adjacent to an activating group) is 1. The molecule has 0 atom stereocenters. The molecule has 0 unspecified atom stereocenters. The summed E-state index contributed by atoms with van der Waals surface area (Å²) in [6.45, 7) is 7.04. The molecule has 4 heteroatoms. The lowest BCUT2D eigenvalue weighted by Gasteiger charge is -2.19. The van der Waals surface area contributed by atoms with Crippen molar-refractivity contribution in [3.8, 4) is 5.75 Å². The van der Waals surface area contributed by atoms with Crippen LogP contribution in [0.15, 0.2) is 42.5 Å². The molecular weight excluding hydrogens is 324 g/mol. The van der Waals surface area contributed by atoms with Crippen LogP contribution in [0.2, 0.25) is 0 Å². The second-order valence-corrected chi connectivity index (χ2v) is 7.27. The first-order valence-corrected chi connectivity index (χ1v) is 9.01. The second-order valence-electron chi connectivity index (χ2n) is 7.27. The molecule has 0 aromatic heterocycles. The summed E-state index contributed by atoms with van der Waals surface area (Å²) in [7, 11) is 5.83. The molecule has 0 aliphatic carbocycles. The topological polar surface area (TPSA) is 32.8 Å². The van der Waals surface area contributed by atoms with E-state index in [0.717, 1.165) is 17.0 Å². The third kappa shape index (κ3) is 5.25. The van der Waals surface area contributed by atoms with Gasteiger partial charge in [-0.15, -0.1) is 0 Å². The smallest absolute Gasteiger partial charge is 0.260 e. The molecule has 0 bridgehead atoms. The van der Waals surface area contributed by atoms with E-state index < -0.39 is 0 Å². The highest BCUT2D eigenvalue weighted by molar-refractivity contribution is 5.77. The number of nitrogens with zero attached hydrogens (tertiary/aromatic N) is 2. The molecule has 1 amide bonds. The van der Waals surface area contributed by atoms with E-state index in [9.17, 15) is 4.79 Å². The van der Waals surface area contributed by atoms with Gasteiger partial charge in [0.2, 0.25) is 0 Å². The van der Waals surface area contributed by atoms with Crippen LogP contribution in [0.3, 0.4) is 0 Å². The molecule has 0 saturated carbocycles. The molecule has 0 fully saturated rings. The maximum Gasteiger partial charge on any atom is 0.260 e. The summed E-state index contributed by atoms with van der Waals surface area (Å²) in [4.78, 5) is 16.1. The van der Waals surface area contributed by atoms with E-state index in [-0.39, 0.29) is 12.5 Å². The van der Waals surface area contributed by atoms with Crippen LogP contribution in [0.4, 0.5) is 5.69 Å². The Labute approximate surface area is 157 Å². The quantitative estimate of drug-likeness (QED) is 0.746. The number of carbonyl (C=O) groups is 1. The number of amides is 1. The Bertz CT molecular complexity index is 736. The van der Waals surface area contributed by atoms with Crippen LogP contribution in [0.1, 0.15) is 36.5 Å². The third-order valence-electron chi connectivity index (χ3n) is 4.52. The minimum Gasteiger partial charge on any atom is -0.484 e. The zero-order valence-corrected chi connectivity index (χ0v) is 16.7. The van der Waals surface area contributed by atoms with Crippen molar-refractivity contribution in [3.63, 3.8) is 0 Å². The van der Waals surface area contributed by atoms with E-state index >= 15 is 0 Å². The molecule has 4 nitrogen and oxygen atoms in total. The highest BCUT2D eigenvalue weighted by Gasteiger charge is 2.11. The minimum absolute atomic E-state index is 0.0349. The van der Waals surface area contributed by atoms with Crippen LogP contribution >= 0.6 is 0 Å². The molecule has 0 aliphatic heterocycles. The van der Waals surface area contributed by atoms with Crippen molar-refractivity contribution in [2.24, 2.45) is 0 Å². The van der Waals surface area contributed by atoms with Crippen molar-refractivity contribution in [2.75, 3.05) is 32.6 Å². The molecule has 0 spiro atoms. The van der Waals surface area contributed by atoms with Crippen molar-refractivity contribution in [3.05, 3.63) is 59.2 Å². The van der Waals surface area contributed by atoms with E-state index in [1.807, 2.05) is 38.4 Å². The van der Waals surface area contributed by atoms with E-state index in [1.54, 1.807) is 11.9 Å². The molecular formula is C22H30N2O2. The fourth-order valence-electron chi connectivity index (χ4n) is 2.90. The number of benzene rings is 2. The van der Waals surface area contributed by atoms with Crippen LogP contribution in [-0.4, -0.2) is 38.6 Å². The molecule has 26 heavy (non-hydrogen) atoms. The van der Waals surface area contributed by atoms with Gasteiger partial charge in [0.25, 0.3) is 5.91 Å². The molecule has 0 N–H and O–H groups in total. The fourth-order valence-corrected chi connectivity index (χ4v) is 2.90. The first-order chi connectivity index (χ1) is 12.3. The van der Waals surface area contributed by atoms with Gasteiger partial charge in [-0.3, -0.25) is 4.79 Å². The average molecular weight is 354 g/mol. The van der Waals surface area contributed by atoms with E-state index in [1.165, 1.54) is 11.1 Å². The Hall–Kier alpha value is -2.49. The Morgan fingerprint density at radius 1 is 1.04 bits per heavy atom. The number of rotatable bonds is 7. The predicted octanol–water partition coefficient (Wildman–Crippen LogP) is 4.22. The van der Waals surface area contributed by atoms with Gasteiger partial charge in [0.05, 0.1) is 0 Å². The van der Waals surface area contributed by atoms with Crippen LogP contribution in [0.5, 0.6) is 5.75 Å². The number of hydrogen-bond donors (Lipinski definition) is 0. The molecule has 2 aromatic rings. The van der Waals surface area contributed by atoms with Crippen molar-refractivity contribution in [2.45, 2.75) is 33.2 Å². The first kappa shape index (κ1) is 19.8. The van der Waals surface area contributed by atoms with Crippen molar-refractivity contribution >= 4 is 11.6 Å². The van der Waals surface area contributed by atoms with Crippen molar-refractivity contribution in [1.29, 1.82) is 0 Å². The molecule has 0 heterocycles. The highest BCUT2D eigenvalue weighted by Crippen LogP contribution is 2.23. The van der Waals surface area contributed by atoms with Crippen molar-refractivity contribution in [1.82, 2.24) is 4.90 Å². The van der Waals surface area contributed by atoms with E-state index in [2.05, 4.69) is 43.9 Å². The minimum atomic E-state index is -0.0349. The van der Waals surface area contributed by atoms with E-state index in [4.69, 9.17) is 4.74 Å². The van der Waals surface area contributed by atoms with Gasteiger partial charge >= 0.3 is 0 Å². The average Bonchev–Trinajstić information content (AvgIpc) is 2.59. The third-order valence-corrected chi connectivity index (χ3v) is 4.52. The standard InChI is InChI=1S/C22H30N2O2/c1-16(2)21-12-11-20(13-17(21)3)26-15-22(25)24(6)14-18-7-9-19(10-8-18)23(4)5/h7-13,16H,14-15H2,1-6H3. The van der Waals surface area contributed by atoms with Crippen molar-refractivity contribution < 1.29 is 9.53 Å². The van der Waals surface area contributed by atoms with Crippen LogP contribution in [0.25, 0.3) is 0 Å². The lowest BCUT2D eigenvalue weighted by molar-refractivity contribution is -0.132. The zero-order chi connectivity index (χ0) is 19.3. The number of anilines is 1. The van der Waals surface area contributed by atoms with Crippen LogP contribution in [0, 0.1) is 6.92 Å². The second kappa shape index (κ2) is 8.75. The van der Waals surface area contributed by atoms with Gasteiger partial charge in [0.1, 0.15) is 5.75 Å². The number of hydrogen-bond acceptors (Lipinski definition) is 3. The maximum absolute atomic E-state index is 12.3. The molecule has 2 aromatic carbocycles. The van der Waals surface area contributed by atoms with Gasteiger partial charge in [-0.25, -0.2) is 0 Å². The zero-order valence-electron chi connectivity index (χ0n) is 16.7. The lowest BCUT2D eigenvalue weighted by atomic mass is 9.98. The summed E-state index contributed by atoms with van der Waals surface area (Å²) in [5, 5.41) is 0. The predicted molar refractivity (Wildman–Crippen MR) is 108 cm³/mol.